The van der Waals surface area contributed by atoms with Gasteiger partial charge in [0, 0.05) is 23.4 Å². The van der Waals surface area contributed by atoms with Crippen LogP contribution in [-0.4, -0.2) is 41.5 Å². The van der Waals surface area contributed by atoms with Crippen LogP contribution < -0.4 is 5.32 Å². The normalized spacial score (nSPS) is 27.4. The van der Waals surface area contributed by atoms with Crippen molar-refractivity contribution in [1.29, 1.82) is 0 Å². The second-order valence-corrected chi connectivity index (χ2v) is 11.6. The standard InChI is InChI=1S/C23H23ClF3NO5S/c1-11(29)23(31)13-3-4-14(23)8-16(7-13)34(32,33)20-6-12(2-5-17(20)24)22(30)28-15-9-18(25)21(27)19(26)10-15/h2,5-6,9-11,13-14,16,29,31H,3-4,7-8H2,1H3,(H,28,30)/t11?,13?,14?,16-,23+. The average molecular weight is 518 g/mol. The van der Waals surface area contributed by atoms with E-state index in [2.05, 4.69) is 5.32 Å². The van der Waals surface area contributed by atoms with E-state index in [-0.39, 0.29) is 45.8 Å². The zero-order valence-corrected chi connectivity index (χ0v) is 19.6. The summed E-state index contributed by atoms with van der Waals surface area (Å²) >= 11 is 6.18. The summed E-state index contributed by atoms with van der Waals surface area (Å²) in [6, 6.07) is 4.78. The fraction of sp³-hybridized carbons (Fsp3) is 0.435. The van der Waals surface area contributed by atoms with Crippen molar-refractivity contribution in [3.63, 3.8) is 0 Å². The van der Waals surface area contributed by atoms with Crippen LogP contribution in [0.3, 0.4) is 0 Å². The quantitative estimate of drug-likeness (QED) is 0.518. The maximum Gasteiger partial charge on any atom is 0.255 e. The van der Waals surface area contributed by atoms with Crippen LogP contribution in [-0.2, 0) is 9.84 Å². The van der Waals surface area contributed by atoms with Gasteiger partial charge in [0.15, 0.2) is 27.3 Å². The van der Waals surface area contributed by atoms with Gasteiger partial charge in [0.25, 0.3) is 5.91 Å². The van der Waals surface area contributed by atoms with Crippen LogP contribution in [0.25, 0.3) is 0 Å². The number of aliphatic hydroxyl groups excluding tert-OH is 1. The molecule has 3 atom stereocenters. The number of amides is 1. The van der Waals surface area contributed by atoms with E-state index in [1.807, 2.05) is 0 Å². The third-order valence-electron chi connectivity index (χ3n) is 7.12. The summed E-state index contributed by atoms with van der Waals surface area (Å²) in [5, 5.41) is 22.3. The molecule has 0 aromatic heterocycles. The van der Waals surface area contributed by atoms with Crippen LogP contribution in [0.1, 0.15) is 43.0 Å². The monoisotopic (exact) mass is 517 g/mol. The molecule has 2 aromatic carbocycles. The number of hydrogen-bond acceptors (Lipinski definition) is 5. The summed E-state index contributed by atoms with van der Waals surface area (Å²) in [4.78, 5) is 12.3. The summed E-state index contributed by atoms with van der Waals surface area (Å²) in [6.45, 7) is 1.50. The van der Waals surface area contributed by atoms with E-state index in [9.17, 15) is 36.6 Å². The molecule has 2 bridgehead atoms. The minimum Gasteiger partial charge on any atom is -0.390 e. The first-order valence-electron chi connectivity index (χ1n) is 10.8. The Morgan fingerprint density at radius 3 is 2.21 bits per heavy atom. The number of sulfone groups is 1. The molecule has 0 heterocycles. The van der Waals surface area contributed by atoms with E-state index >= 15 is 0 Å². The molecule has 2 fully saturated rings. The third kappa shape index (κ3) is 4.10. The van der Waals surface area contributed by atoms with E-state index in [1.54, 1.807) is 0 Å². The highest BCUT2D eigenvalue weighted by Crippen LogP contribution is 2.53. The van der Waals surface area contributed by atoms with Gasteiger partial charge in [-0.2, -0.15) is 0 Å². The maximum absolute atomic E-state index is 13.5. The summed E-state index contributed by atoms with van der Waals surface area (Å²) in [5.74, 6) is -6.30. The zero-order valence-electron chi connectivity index (χ0n) is 18.1. The number of hydrogen-bond donors (Lipinski definition) is 3. The second kappa shape index (κ2) is 8.82. The number of nitrogens with one attached hydrogen (secondary N) is 1. The number of fused-ring (bicyclic) bond motifs is 2. The molecule has 1 amide bonds. The number of benzene rings is 2. The van der Waals surface area contributed by atoms with E-state index in [4.69, 9.17) is 11.6 Å². The number of carbonyl (C=O) groups excluding carboxylic acids is 1. The lowest BCUT2D eigenvalue weighted by Gasteiger charge is -2.44. The topological polar surface area (TPSA) is 104 Å². The van der Waals surface area contributed by atoms with Gasteiger partial charge in [-0.15, -0.1) is 0 Å². The van der Waals surface area contributed by atoms with Crippen molar-refractivity contribution >= 4 is 33.0 Å². The van der Waals surface area contributed by atoms with Crippen molar-refractivity contribution in [3.8, 4) is 0 Å². The second-order valence-electron chi connectivity index (χ2n) is 9.03. The predicted octanol–water partition coefficient (Wildman–Crippen LogP) is 4.08. The Balaban J connectivity index is 1.60. The van der Waals surface area contributed by atoms with E-state index in [1.165, 1.54) is 19.1 Å². The first-order chi connectivity index (χ1) is 15.9. The maximum atomic E-state index is 13.5. The van der Waals surface area contributed by atoms with Crippen molar-refractivity contribution in [3.05, 3.63) is 58.4 Å². The molecule has 0 radical (unpaired) electrons. The molecule has 2 saturated carbocycles. The van der Waals surface area contributed by atoms with E-state index in [0.717, 1.165) is 6.07 Å². The molecule has 184 valence electrons. The van der Waals surface area contributed by atoms with Crippen LogP contribution in [0, 0.1) is 29.3 Å². The van der Waals surface area contributed by atoms with Gasteiger partial charge in [-0.25, -0.2) is 21.6 Å². The molecule has 2 aromatic rings. The van der Waals surface area contributed by atoms with Gasteiger partial charge in [0.2, 0.25) is 0 Å². The molecule has 3 unspecified atom stereocenters. The van der Waals surface area contributed by atoms with Crippen LogP contribution in [0.15, 0.2) is 35.2 Å². The molecule has 6 nitrogen and oxygen atoms in total. The molecular weight excluding hydrogens is 495 g/mol. The van der Waals surface area contributed by atoms with Crippen molar-refractivity contribution < 1.29 is 36.6 Å². The largest absolute Gasteiger partial charge is 0.390 e. The van der Waals surface area contributed by atoms with Crippen LogP contribution in [0.5, 0.6) is 0 Å². The predicted molar refractivity (Wildman–Crippen MR) is 119 cm³/mol. The Hall–Kier alpha value is -2.14. The summed E-state index contributed by atoms with van der Waals surface area (Å²) < 4.78 is 67.0. The zero-order chi connectivity index (χ0) is 25.0. The van der Waals surface area contributed by atoms with Crippen molar-refractivity contribution in [2.75, 3.05) is 5.32 Å². The third-order valence-corrected chi connectivity index (χ3v) is 9.77. The van der Waals surface area contributed by atoms with E-state index < -0.39 is 50.2 Å². The number of rotatable bonds is 5. The fourth-order valence-electron chi connectivity index (χ4n) is 5.35. The van der Waals surface area contributed by atoms with Gasteiger partial charge >= 0.3 is 0 Å². The molecule has 2 aliphatic rings. The molecule has 34 heavy (non-hydrogen) atoms. The molecule has 4 rings (SSSR count). The Kier molecular flexibility index (Phi) is 6.48. The van der Waals surface area contributed by atoms with Gasteiger partial charge in [-0.3, -0.25) is 4.79 Å². The molecule has 0 aliphatic heterocycles. The van der Waals surface area contributed by atoms with Crippen LogP contribution in [0.2, 0.25) is 5.02 Å². The Morgan fingerprint density at radius 1 is 1.12 bits per heavy atom. The minimum atomic E-state index is -4.02. The summed E-state index contributed by atoms with van der Waals surface area (Å²) in [7, 11) is -4.02. The lowest BCUT2D eigenvalue weighted by Crippen LogP contribution is -2.54. The summed E-state index contributed by atoms with van der Waals surface area (Å²) in [5.41, 5.74) is -1.81. The summed E-state index contributed by atoms with van der Waals surface area (Å²) in [6.07, 6.45) is 0.478. The van der Waals surface area contributed by atoms with Crippen molar-refractivity contribution in [1.82, 2.24) is 0 Å². The number of anilines is 1. The number of carbonyl (C=O) groups is 1. The molecule has 2 aliphatic carbocycles. The fourth-order valence-corrected chi connectivity index (χ4v) is 7.75. The number of halogens is 4. The average Bonchev–Trinajstić information content (AvgIpc) is 2.94. The molecule has 0 spiro atoms. The lowest BCUT2D eigenvalue weighted by atomic mass is 9.71. The van der Waals surface area contributed by atoms with Gasteiger partial charge in [-0.1, -0.05) is 11.6 Å². The van der Waals surface area contributed by atoms with Crippen molar-refractivity contribution in [2.45, 2.75) is 54.5 Å². The van der Waals surface area contributed by atoms with Gasteiger partial charge in [0.05, 0.1) is 26.9 Å². The van der Waals surface area contributed by atoms with Crippen LogP contribution >= 0.6 is 11.6 Å². The SMILES string of the molecule is CC(O)[C@]1(O)C2CCC1C[C@H](S(=O)(=O)c1cc(C(=O)Nc3cc(F)c(F)c(F)c3)ccc1Cl)C2. The van der Waals surface area contributed by atoms with Gasteiger partial charge in [0.1, 0.15) is 0 Å². The van der Waals surface area contributed by atoms with E-state index in [0.29, 0.717) is 25.0 Å². The minimum absolute atomic E-state index is 0.0980. The Bertz CT molecular complexity index is 1220. The highest BCUT2D eigenvalue weighted by Gasteiger charge is 2.57. The molecular formula is C23H23ClF3NO5S. The van der Waals surface area contributed by atoms with Crippen LogP contribution in [0.4, 0.5) is 18.9 Å². The van der Waals surface area contributed by atoms with Crippen molar-refractivity contribution in [2.24, 2.45) is 11.8 Å². The first kappa shape index (κ1) is 25.0. The van der Waals surface area contributed by atoms with Gasteiger partial charge < -0.3 is 15.5 Å². The molecule has 0 saturated heterocycles. The number of aliphatic hydroxyl groups is 2. The van der Waals surface area contributed by atoms with Gasteiger partial charge in [-0.05, 0) is 62.6 Å². The first-order valence-corrected chi connectivity index (χ1v) is 12.7. The highest BCUT2D eigenvalue weighted by molar-refractivity contribution is 7.92. The molecule has 3 N–H and O–H groups in total. The smallest absolute Gasteiger partial charge is 0.255 e. The Labute approximate surface area is 199 Å². The molecule has 11 heteroatoms. The Morgan fingerprint density at radius 2 is 1.68 bits per heavy atom. The highest BCUT2D eigenvalue weighted by atomic mass is 35.5. The lowest BCUT2D eigenvalue weighted by molar-refractivity contribution is -0.134.